The predicted molar refractivity (Wildman–Crippen MR) is 178 cm³/mol. The summed E-state index contributed by atoms with van der Waals surface area (Å²) in [5.74, 6) is 1.34. The van der Waals surface area contributed by atoms with Crippen LogP contribution in [0.1, 0.15) is 43.7 Å². The Morgan fingerprint density at radius 3 is 2.57 bits per heavy atom. The largest absolute Gasteiger partial charge is 0.496 e. The van der Waals surface area contributed by atoms with Crippen LogP contribution in [0.2, 0.25) is 0 Å². The zero-order valence-electron chi connectivity index (χ0n) is 26.1. The van der Waals surface area contributed by atoms with Gasteiger partial charge in [0.15, 0.2) is 4.80 Å². The molecule has 1 aliphatic rings. The lowest BCUT2D eigenvalue weighted by atomic mass is 9.90. The van der Waals surface area contributed by atoms with Gasteiger partial charge in [-0.15, -0.1) is 0 Å². The number of nitrogens with zero attached hydrogens (tertiary/aromatic N) is 4. The van der Waals surface area contributed by atoms with Crippen molar-refractivity contribution < 1.29 is 18.9 Å². The molecule has 10 nitrogen and oxygen atoms in total. The van der Waals surface area contributed by atoms with Gasteiger partial charge in [-0.25, -0.2) is 4.99 Å². The molecule has 46 heavy (non-hydrogen) atoms. The number of non-ortho nitro benzene ring substituents is 1. The topological polar surface area (TPSA) is 120 Å². The Morgan fingerprint density at radius 2 is 1.87 bits per heavy atom. The third-order valence-corrected chi connectivity index (χ3v) is 9.30. The number of allylic oxidation sites excluding steroid dienone is 1. The molecule has 0 radical (unpaired) electrons. The van der Waals surface area contributed by atoms with Crippen molar-refractivity contribution in [2.24, 2.45) is 4.99 Å². The Hall–Kier alpha value is -5.29. The Balaban J connectivity index is 1.55. The fourth-order valence-corrected chi connectivity index (χ4v) is 7.05. The number of aromatic nitrogens is 1. The molecule has 1 atom stereocenters. The van der Waals surface area contributed by atoms with Crippen molar-refractivity contribution in [2.45, 2.75) is 33.7 Å². The van der Waals surface area contributed by atoms with Gasteiger partial charge in [0.2, 0.25) is 0 Å². The summed E-state index contributed by atoms with van der Waals surface area (Å²) in [7, 11) is 1.58. The highest BCUT2D eigenvalue weighted by Gasteiger charge is 2.36. The van der Waals surface area contributed by atoms with Gasteiger partial charge in [0, 0.05) is 42.4 Å². The maximum Gasteiger partial charge on any atom is 0.271 e. The highest BCUT2D eigenvalue weighted by molar-refractivity contribution is 7.07. The maximum absolute atomic E-state index is 14.3. The first-order valence-electron chi connectivity index (χ1n) is 14.9. The SMILES string of the molecule is CCN(CC)C(=O)C1=C(C)N=c2s/c(=C/c3ccc(-c4ccc([N+](=O)[O-])cc4C)o3)c(=O)n2[C@H]1c1c(OC)ccc2ccccc12. The zero-order chi connectivity index (χ0) is 32.7. The first kappa shape index (κ1) is 30.7. The van der Waals surface area contributed by atoms with E-state index in [9.17, 15) is 19.7 Å². The van der Waals surface area contributed by atoms with Gasteiger partial charge in [-0.05, 0) is 68.3 Å². The number of carbonyl (C=O) groups is 1. The van der Waals surface area contributed by atoms with Crippen LogP contribution in [-0.2, 0) is 4.79 Å². The van der Waals surface area contributed by atoms with E-state index < -0.39 is 11.0 Å². The van der Waals surface area contributed by atoms with Crippen LogP contribution in [0.5, 0.6) is 5.75 Å². The van der Waals surface area contributed by atoms with E-state index in [-0.39, 0.29) is 17.2 Å². The van der Waals surface area contributed by atoms with Crippen LogP contribution in [-0.4, -0.2) is 40.5 Å². The molecule has 0 saturated carbocycles. The quantitative estimate of drug-likeness (QED) is 0.158. The van der Waals surface area contributed by atoms with E-state index in [0.717, 1.165) is 10.8 Å². The average Bonchev–Trinajstić information content (AvgIpc) is 3.63. The molecule has 1 aliphatic heterocycles. The number of hydrogen-bond acceptors (Lipinski definition) is 8. The van der Waals surface area contributed by atoms with Crippen molar-refractivity contribution >= 4 is 39.8 Å². The molecule has 0 bridgehead atoms. The normalized spacial score (nSPS) is 14.7. The van der Waals surface area contributed by atoms with Gasteiger partial charge in [-0.1, -0.05) is 41.7 Å². The van der Waals surface area contributed by atoms with Crippen molar-refractivity contribution in [3.63, 3.8) is 0 Å². The van der Waals surface area contributed by atoms with Crippen LogP contribution < -0.4 is 19.6 Å². The molecule has 2 aromatic heterocycles. The highest BCUT2D eigenvalue weighted by atomic mass is 32.1. The van der Waals surface area contributed by atoms with E-state index in [2.05, 4.69) is 0 Å². The summed E-state index contributed by atoms with van der Waals surface area (Å²) < 4.78 is 13.9. The number of furan rings is 1. The molecule has 0 saturated heterocycles. The fourth-order valence-electron chi connectivity index (χ4n) is 6.03. The van der Waals surface area contributed by atoms with Crippen LogP contribution in [0.15, 0.2) is 92.2 Å². The van der Waals surface area contributed by atoms with E-state index in [4.69, 9.17) is 14.1 Å². The van der Waals surface area contributed by atoms with Crippen LogP contribution in [0.3, 0.4) is 0 Å². The van der Waals surface area contributed by atoms with Crippen molar-refractivity contribution in [3.05, 3.63) is 125 Å². The Kier molecular flexibility index (Phi) is 8.18. The second-order valence-corrected chi connectivity index (χ2v) is 11.9. The minimum Gasteiger partial charge on any atom is -0.496 e. The smallest absolute Gasteiger partial charge is 0.271 e. The minimum atomic E-state index is -0.789. The molecule has 0 aliphatic carbocycles. The summed E-state index contributed by atoms with van der Waals surface area (Å²) in [6.45, 7) is 8.45. The number of fused-ring (bicyclic) bond motifs is 2. The highest BCUT2D eigenvalue weighted by Crippen LogP contribution is 2.40. The summed E-state index contributed by atoms with van der Waals surface area (Å²) >= 11 is 1.22. The molecule has 3 heterocycles. The third-order valence-electron chi connectivity index (χ3n) is 8.31. The number of thiazole rings is 1. The number of nitro groups is 1. The minimum absolute atomic E-state index is 0.000608. The summed E-state index contributed by atoms with van der Waals surface area (Å²) in [5.41, 5.74) is 2.77. The first-order chi connectivity index (χ1) is 22.2. The molecule has 0 fully saturated rings. The number of likely N-dealkylation sites (N-methyl/N-ethyl adjacent to an activating group) is 1. The first-order valence-corrected chi connectivity index (χ1v) is 15.7. The van der Waals surface area contributed by atoms with Gasteiger partial charge in [-0.3, -0.25) is 24.3 Å². The number of benzene rings is 3. The Bertz CT molecular complexity index is 2240. The molecule has 11 heteroatoms. The fraction of sp³-hybridized carbons (Fsp3) is 0.229. The Morgan fingerprint density at radius 1 is 1.11 bits per heavy atom. The van der Waals surface area contributed by atoms with Gasteiger partial charge < -0.3 is 14.1 Å². The Labute approximate surface area is 268 Å². The van der Waals surface area contributed by atoms with Crippen LogP contribution >= 0.6 is 11.3 Å². The number of hydrogen-bond donors (Lipinski definition) is 0. The number of methoxy groups -OCH3 is 1. The number of nitro benzene ring substituents is 1. The monoisotopic (exact) mass is 636 g/mol. The van der Waals surface area contributed by atoms with Crippen LogP contribution in [0.25, 0.3) is 28.2 Å². The number of carbonyl (C=O) groups excluding carboxylic acids is 1. The van der Waals surface area contributed by atoms with Crippen molar-refractivity contribution in [1.82, 2.24) is 9.47 Å². The number of rotatable bonds is 8. The standard InChI is InChI=1S/C35H32N4O6S/c1-6-37(7-2)34(41)30-21(4)36-35-38(32(30)31-26-11-9-8-10-22(26)12-16-28(31)44-5)33(40)29(46-35)19-24-14-17-27(45-24)25-15-13-23(39(42)43)18-20(25)3/h8-19,32H,6-7H2,1-5H3/b29-19+/t32-/m1/s1. The second-order valence-electron chi connectivity index (χ2n) is 10.9. The van der Waals surface area contributed by atoms with Gasteiger partial charge in [0.25, 0.3) is 17.2 Å². The molecule has 3 aromatic carbocycles. The predicted octanol–water partition coefficient (Wildman–Crippen LogP) is 5.74. The van der Waals surface area contributed by atoms with Gasteiger partial charge >= 0.3 is 0 Å². The summed E-state index contributed by atoms with van der Waals surface area (Å²) in [4.78, 5) is 46.2. The van der Waals surface area contributed by atoms with Crippen molar-refractivity contribution in [1.29, 1.82) is 0 Å². The number of amides is 1. The maximum atomic E-state index is 14.3. The van der Waals surface area contributed by atoms with E-state index >= 15 is 0 Å². The lowest BCUT2D eigenvalue weighted by Crippen LogP contribution is -2.43. The van der Waals surface area contributed by atoms with Gasteiger partial charge in [-0.2, -0.15) is 0 Å². The molecule has 1 amide bonds. The zero-order valence-corrected chi connectivity index (χ0v) is 26.9. The number of ether oxygens (including phenoxy) is 1. The van der Waals surface area contributed by atoms with Crippen molar-refractivity contribution in [3.8, 4) is 17.1 Å². The van der Waals surface area contributed by atoms with Crippen molar-refractivity contribution in [2.75, 3.05) is 20.2 Å². The summed E-state index contributed by atoms with van der Waals surface area (Å²) in [6.07, 6.45) is 1.66. The molecular formula is C35H32N4O6S. The molecule has 0 N–H and O–H groups in total. The van der Waals surface area contributed by atoms with Gasteiger partial charge in [0.05, 0.1) is 27.8 Å². The van der Waals surface area contributed by atoms with Crippen LogP contribution in [0, 0.1) is 17.0 Å². The lowest BCUT2D eigenvalue weighted by Gasteiger charge is -2.30. The average molecular weight is 637 g/mol. The van der Waals surface area contributed by atoms with E-state index in [1.165, 1.54) is 23.5 Å². The van der Waals surface area contributed by atoms with E-state index in [0.29, 0.717) is 67.7 Å². The molecule has 5 aromatic rings. The summed E-state index contributed by atoms with van der Waals surface area (Å²) in [6, 6.07) is 19.0. The lowest BCUT2D eigenvalue weighted by molar-refractivity contribution is -0.384. The molecule has 6 rings (SSSR count). The number of aryl methyl sites for hydroxylation is 1. The van der Waals surface area contributed by atoms with E-state index in [1.807, 2.05) is 57.2 Å². The van der Waals surface area contributed by atoms with Gasteiger partial charge in [0.1, 0.15) is 23.3 Å². The summed E-state index contributed by atoms with van der Waals surface area (Å²) in [5, 5.41) is 13.0. The van der Waals surface area contributed by atoms with E-state index in [1.54, 1.807) is 47.8 Å². The third kappa shape index (κ3) is 5.22. The molecular weight excluding hydrogens is 604 g/mol. The second kappa shape index (κ2) is 12.2. The van der Waals surface area contributed by atoms with Crippen LogP contribution in [0.4, 0.5) is 5.69 Å². The molecule has 234 valence electrons. The molecule has 0 spiro atoms. The molecule has 0 unspecified atom stereocenters.